The summed E-state index contributed by atoms with van der Waals surface area (Å²) in [7, 11) is 0. The molecule has 0 rings (SSSR count). The van der Waals surface area contributed by atoms with E-state index in [1.54, 1.807) is 0 Å². The Morgan fingerprint density at radius 3 is 1.40 bits per heavy atom. The summed E-state index contributed by atoms with van der Waals surface area (Å²) in [4.78, 5) is 30.2. The molecule has 0 aliphatic heterocycles. The van der Waals surface area contributed by atoms with Gasteiger partial charge in [0.05, 0.1) is 0 Å². The predicted octanol–water partition coefficient (Wildman–Crippen LogP) is -9.91. The second-order valence-electron chi connectivity index (χ2n) is 2.43. The second-order valence-corrected chi connectivity index (χ2v) is 2.43. The Kier molecular flexibility index (Phi) is 10.4. The summed E-state index contributed by atoms with van der Waals surface area (Å²) in [5, 5.41) is 37.2. The van der Waals surface area contributed by atoms with Crippen LogP contribution >= 0.6 is 0 Å². The fraction of sp³-hybridized carbons (Fsp3) is 0.500. The summed E-state index contributed by atoms with van der Waals surface area (Å²) in [6.07, 6.45) is -2.59. The Labute approximate surface area is 109 Å². The van der Waals surface area contributed by atoms with Gasteiger partial charge < -0.3 is 30.0 Å². The maximum absolute atomic E-state index is 10.3. The predicted molar refractivity (Wildman–Crippen MR) is 31.8 cm³/mol. The van der Waals surface area contributed by atoms with Crippen LogP contribution in [0.25, 0.3) is 0 Å². The average molecular weight is 204 g/mol. The zero-order valence-electron chi connectivity index (χ0n) is 8.35. The Bertz CT molecular complexity index is 236. The van der Waals surface area contributed by atoms with Gasteiger partial charge in [-0.25, -0.2) is 4.79 Å². The number of rotatable bonds is 5. The summed E-state index contributed by atoms with van der Waals surface area (Å²) in [6.45, 7) is 0. The zero-order chi connectivity index (χ0) is 10.6. The molecule has 0 aromatic carbocycles. The maximum Gasteiger partial charge on any atom is 1.00 e. The summed E-state index contributed by atoms with van der Waals surface area (Å²) in [5.41, 5.74) is -2.86. The summed E-state index contributed by atoms with van der Waals surface area (Å²) >= 11 is 0. The van der Waals surface area contributed by atoms with E-state index in [1.165, 1.54) is 0 Å². The topological polar surface area (TPSA) is 138 Å². The molecule has 0 aromatic rings. The van der Waals surface area contributed by atoms with E-state index in [0.717, 1.165) is 0 Å². The molecule has 0 bridgehead atoms. The Hall–Kier alpha value is -0.435. The molecule has 0 amide bonds. The molecule has 0 aliphatic rings. The SMILES string of the molecule is O=C([O-])CC(O)(CC(=O)[O-])C(=O)O.[Li+].[Li+]. The van der Waals surface area contributed by atoms with Crippen molar-refractivity contribution in [3.8, 4) is 0 Å². The molecule has 15 heavy (non-hydrogen) atoms. The van der Waals surface area contributed by atoms with Gasteiger partial charge in [-0.2, -0.15) is 0 Å². The van der Waals surface area contributed by atoms with Gasteiger partial charge in [0.2, 0.25) is 0 Å². The van der Waals surface area contributed by atoms with Crippen molar-refractivity contribution in [3.63, 3.8) is 0 Å². The summed E-state index contributed by atoms with van der Waals surface area (Å²) < 4.78 is 0. The van der Waals surface area contributed by atoms with Crippen molar-refractivity contribution in [1.29, 1.82) is 0 Å². The van der Waals surface area contributed by atoms with Crippen LogP contribution in [0.1, 0.15) is 12.8 Å². The molecular formula is C6H6Li2O7. The van der Waals surface area contributed by atoms with Crippen molar-refractivity contribution in [2.75, 3.05) is 0 Å². The molecule has 0 radical (unpaired) electrons. The van der Waals surface area contributed by atoms with Crippen molar-refractivity contribution in [1.82, 2.24) is 0 Å². The number of carboxylic acid groups (broad SMARTS) is 3. The second kappa shape index (κ2) is 7.80. The number of aliphatic hydroxyl groups is 1. The zero-order valence-corrected chi connectivity index (χ0v) is 8.35. The number of carbonyl (C=O) groups excluding carboxylic acids is 2. The molecule has 0 unspecified atom stereocenters. The molecule has 7 nitrogen and oxygen atoms in total. The van der Waals surface area contributed by atoms with Gasteiger partial charge >= 0.3 is 43.7 Å². The Morgan fingerprint density at radius 2 is 1.27 bits per heavy atom. The van der Waals surface area contributed by atoms with Crippen LogP contribution in [0.4, 0.5) is 0 Å². The first-order chi connectivity index (χ1) is 5.78. The van der Waals surface area contributed by atoms with Crippen molar-refractivity contribution >= 4 is 17.9 Å². The van der Waals surface area contributed by atoms with Crippen LogP contribution in [-0.4, -0.2) is 33.7 Å². The quantitative estimate of drug-likeness (QED) is 0.424. The van der Waals surface area contributed by atoms with Gasteiger partial charge in [0.25, 0.3) is 0 Å². The van der Waals surface area contributed by atoms with E-state index in [1.807, 2.05) is 0 Å². The van der Waals surface area contributed by atoms with Gasteiger partial charge in [-0.1, -0.05) is 0 Å². The molecule has 0 aliphatic carbocycles. The molecule has 0 fully saturated rings. The fourth-order valence-corrected chi connectivity index (χ4v) is 0.691. The normalized spacial score (nSPS) is 9.40. The number of carboxylic acids is 3. The third kappa shape index (κ3) is 7.49. The van der Waals surface area contributed by atoms with Gasteiger partial charge in [-0.05, 0) is 0 Å². The number of hydrogen-bond acceptors (Lipinski definition) is 6. The van der Waals surface area contributed by atoms with E-state index in [-0.39, 0.29) is 37.7 Å². The van der Waals surface area contributed by atoms with Crippen LogP contribution in [0.5, 0.6) is 0 Å². The monoisotopic (exact) mass is 204 g/mol. The van der Waals surface area contributed by atoms with E-state index >= 15 is 0 Å². The van der Waals surface area contributed by atoms with E-state index in [0.29, 0.717) is 0 Å². The van der Waals surface area contributed by atoms with E-state index in [9.17, 15) is 24.6 Å². The number of carbonyl (C=O) groups is 3. The largest absolute Gasteiger partial charge is 1.00 e. The molecule has 0 aromatic heterocycles. The molecule has 0 heterocycles. The minimum Gasteiger partial charge on any atom is -0.550 e. The van der Waals surface area contributed by atoms with Crippen LogP contribution in [0.3, 0.4) is 0 Å². The van der Waals surface area contributed by atoms with E-state index in [4.69, 9.17) is 10.2 Å². The molecule has 0 spiro atoms. The maximum atomic E-state index is 10.3. The van der Waals surface area contributed by atoms with Crippen molar-refractivity contribution in [2.45, 2.75) is 18.4 Å². The van der Waals surface area contributed by atoms with Gasteiger partial charge in [0, 0.05) is 24.8 Å². The van der Waals surface area contributed by atoms with E-state index in [2.05, 4.69) is 0 Å². The molecule has 0 saturated heterocycles. The van der Waals surface area contributed by atoms with Crippen LogP contribution in [0.15, 0.2) is 0 Å². The van der Waals surface area contributed by atoms with Gasteiger partial charge in [0.15, 0.2) is 5.60 Å². The Morgan fingerprint density at radius 1 is 1.00 bits per heavy atom. The number of aliphatic carboxylic acids is 3. The smallest absolute Gasteiger partial charge is 0.550 e. The van der Waals surface area contributed by atoms with E-state index < -0.39 is 36.4 Å². The first-order valence-corrected chi connectivity index (χ1v) is 3.13. The minimum absolute atomic E-state index is 0. The van der Waals surface area contributed by atoms with Crippen molar-refractivity contribution < 1.29 is 72.5 Å². The van der Waals surface area contributed by atoms with Crippen molar-refractivity contribution in [2.24, 2.45) is 0 Å². The summed E-state index contributed by atoms with van der Waals surface area (Å²) in [6, 6.07) is 0. The fourth-order valence-electron chi connectivity index (χ4n) is 0.691. The van der Waals surface area contributed by atoms with Crippen LogP contribution in [0.2, 0.25) is 0 Å². The summed E-state index contributed by atoms with van der Waals surface area (Å²) in [5.74, 6) is -5.65. The molecular weight excluding hydrogens is 198 g/mol. The first kappa shape index (κ1) is 20.0. The van der Waals surface area contributed by atoms with Crippen molar-refractivity contribution in [3.05, 3.63) is 0 Å². The first-order valence-electron chi connectivity index (χ1n) is 3.13. The molecule has 0 atom stereocenters. The number of hydrogen-bond donors (Lipinski definition) is 2. The third-order valence-electron chi connectivity index (χ3n) is 1.27. The van der Waals surface area contributed by atoms with Gasteiger partial charge in [-0.15, -0.1) is 0 Å². The Balaban J connectivity index is -0.000000720. The van der Waals surface area contributed by atoms with Gasteiger partial charge in [-0.3, -0.25) is 0 Å². The van der Waals surface area contributed by atoms with Crippen LogP contribution in [-0.2, 0) is 14.4 Å². The van der Waals surface area contributed by atoms with Gasteiger partial charge in [0.1, 0.15) is 0 Å². The van der Waals surface area contributed by atoms with Crippen LogP contribution < -0.4 is 47.9 Å². The minimum atomic E-state index is -2.86. The molecule has 74 valence electrons. The average Bonchev–Trinajstić information content (AvgIpc) is 1.82. The third-order valence-corrected chi connectivity index (χ3v) is 1.27. The standard InChI is InChI=1S/C6H8O7.2Li/c7-3(8)1-6(13,5(11)12)2-4(9)10;;/h13H,1-2H2,(H,7,8)(H,9,10)(H,11,12);;/q;2*+1/p-2. The molecule has 0 saturated carbocycles. The molecule has 9 heteroatoms. The molecule has 2 N–H and O–H groups in total. The van der Waals surface area contributed by atoms with Crippen LogP contribution in [0, 0.1) is 0 Å².